The standard InChI is InChI=1S/C19H20O5S2/c1-19(2)9-12-15(13(20)10-19)18(26(4,22)23)25-17(12)16(21)11-7-5-6-8-14(11)24-3/h5-8H,9-10H2,1-4H3. The lowest BCUT2D eigenvalue weighted by Gasteiger charge is -2.29. The van der Waals surface area contributed by atoms with E-state index in [2.05, 4.69) is 0 Å². The summed E-state index contributed by atoms with van der Waals surface area (Å²) in [5.74, 6) is -0.113. The van der Waals surface area contributed by atoms with Gasteiger partial charge in [0.25, 0.3) is 0 Å². The first-order valence-electron chi connectivity index (χ1n) is 8.12. The number of thiophene rings is 1. The lowest BCUT2D eigenvalue weighted by atomic mass is 9.74. The van der Waals surface area contributed by atoms with Crippen LogP contribution in [0.3, 0.4) is 0 Å². The van der Waals surface area contributed by atoms with Gasteiger partial charge in [-0.25, -0.2) is 8.42 Å². The topological polar surface area (TPSA) is 77.5 Å². The van der Waals surface area contributed by atoms with E-state index in [9.17, 15) is 18.0 Å². The second kappa shape index (κ2) is 6.32. The van der Waals surface area contributed by atoms with Crippen molar-refractivity contribution in [3.63, 3.8) is 0 Å². The molecule has 1 aromatic carbocycles. The smallest absolute Gasteiger partial charge is 0.207 e. The molecule has 1 aliphatic carbocycles. The fourth-order valence-electron chi connectivity index (χ4n) is 3.36. The molecule has 0 aliphatic heterocycles. The van der Waals surface area contributed by atoms with E-state index < -0.39 is 9.84 Å². The minimum Gasteiger partial charge on any atom is -0.496 e. The number of benzene rings is 1. The van der Waals surface area contributed by atoms with Gasteiger partial charge in [-0.2, -0.15) is 0 Å². The summed E-state index contributed by atoms with van der Waals surface area (Å²) in [6, 6.07) is 6.81. The lowest BCUT2D eigenvalue weighted by molar-refractivity contribution is 0.0909. The van der Waals surface area contributed by atoms with Gasteiger partial charge in [0.15, 0.2) is 15.6 Å². The first kappa shape index (κ1) is 18.8. The normalized spacial score (nSPS) is 16.2. The van der Waals surface area contributed by atoms with Crippen molar-refractivity contribution in [2.75, 3.05) is 13.4 Å². The molecule has 0 N–H and O–H groups in total. The highest BCUT2D eigenvalue weighted by Crippen LogP contribution is 2.44. The van der Waals surface area contributed by atoms with Gasteiger partial charge >= 0.3 is 0 Å². The molecule has 0 radical (unpaired) electrons. The van der Waals surface area contributed by atoms with Crippen molar-refractivity contribution in [3.8, 4) is 5.75 Å². The predicted molar refractivity (Wildman–Crippen MR) is 100 cm³/mol. The van der Waals surface area contributed by atoms with Crippen LogP contribution in [0.1, 0.15) is 51.4 Å². The van der Waals surface area contributed by atoms with Crippen molar-refractivity contribution >= 4 is 32.7 Å². The molecule has 7 heteroatoms. The van der Waals surface area contributed by atoms with E-state index in [4.69, 9.17) is 4.74 Å². The van der Waals surface area contributed by atoms with Crippen molar-refractivity contribution in [1.82, 2.24) is 0 Å². The molecule has 26 heavy (non-hydrogen) atoms. The number of hydrogen-bond acceptors (Lipinski definition) is 6. The molecule has 1 aromatic heterocycles. The van der Waals surface area contributed by atoms with Crippen LogP contribution in [0.4, 0.5) is 0 Å². The van der Waals surface area contributed by atoms with Crippen LogP contribution in [-0.4, -0.2) is 33.3 Å². The number of rotatable bonds is 4. The lowest BCUT2D eigenvalue weighted by Crippen LogP contribution is -2.28. The molecule has 138 valence electrons. The third-order valence-corrected chi connectivity index (χ3v) is 7.50. The number of methoxy groups -OCH3 is 1. The molecule has 0 unspecified atom stereocenters. The fourth-order valence-corrected chi connectivity index (χ4v) is 5.84. The van der Waals surface area contributed by atoms with E-state index in [1.165, 1.54) is 7.11 Å². The average molecular weight is 392 g/mol. The van der Waals surface area contributed by atoms with Gasteiger partial charge in [0, 0.05) is 12.7 Å². The van der Waals surface area contributed by atoms with E-state index >= 15 is 0 Å². The quantitative estimate of drug-likeness (QED) is 0.744. The van der Waals surface area contributed by atoms with Crippen LogP contribution < -0.4 is 4.74 Å². The number of carbonyl (C=O) groups is 2. The van der Waals surface area contributed by atoms with E-state index in [1.54, 1.807) is 24.3 Å². The molecule has 0 fully saturated rings. The summed E-state index contributed by atoms with van der Waals surface area (Å²) in [6.07, 6.45) is 1.82. The highest BCUT2D eigenvalue weighted by molar-refractivity contribution is 7.92. The second-order valence-corrected chi connectivity index (χ2v) is 10.5. The van der Waals surface area contributed by atoms with Gasteiger partial charge in [0.05, 0.1) is 23.1 Å². The molecule has 1 heterocycles. The Balaban J connectivity index is 2.26. The molecular weight excluding hydrogens is 372 g/mol. The Hall–Kier alpha value is -1.99. The predicted octanol–water partition coefficient (Wildman–Crippen LogP) is 3.55. The van der Waals surface area contributed by atoms with Gasteiger partial charge in [-0.3, -0.25) is 9.59 Å². The average Bonchev–Trinajstić information content (AvgIpc) is 2.92. The summed E-state index contributed by atoms with van der Waals surface area (Å²) < 4.78 is 29.7. The second-order valence-electron chi connectivity index (χ2n) is 7.31. The van der Waals surface area contributed by atoms with E-state index in [-0.39, 0.29) is 33.2 Å². The fraction of sp³-hybridized carbons (Fsp3) is 0.368. The van der Waals surface area contributed by atoms with Crippen molar-refractivity contribution in [3.05, 3.63) is 45.8 Å². The van der Waals surface area contributed by atoms with Crippen molar-refractivity contribution in [2.45, 2.75) is 30.9 Å². The Morgan fingerprint density at radius 1 is 1.19 bits per heavy atom. The number of hydrogen-bond donors (Lipinski definition) is 0. The summed E-state index contributed by atoms with van der Waals surface area (Å²) in [4.78, 5) is 26.2. The first-order chi connectivity index (χ1) is 12.0. The van der Waals surface area contributed by atoms with E-state index in [0.29, 0.717) is 28.2 Å². The maximum absolute atomic E-state index is 13.2. The molecule has 5 nitrogen and oxygen atoms in total. The summed E-state index contributed by atoms with van der Waals surface area (Å²) in [5, 5.41) is 0. The largest absolute Gasteiger partial charge is 0.496 e. The Bertz CT molecular complexity index is 1010. The van der Waals surface area contributed by atoms with Crippen LogP contribution >= 0.6 is 11.3 Å². The Morgan fingerprint density at radius 2 is 1.85 bits per heavy atom. The number of carbonyl (C=O) groups excluding carboxylic acids is 2. The van der Waals surface area contributed by atoms with Gasteiger partial charge in [-0.05, 0) is 29.5 Å². The van der Waals surface area contributed by atoms with E-state index in [0.717, 1.165) is 17.6 Å². The number of Topliss-reactive ketones (excluding diaryl/α,β-unsaturated/α-hetero) is 1. The first-order valence-corrected chi connectivity index (χ1v) is 10.8. The third kappa shape index (κ3) is 3.21. The maximum atomic E-state index is 13.2. The molecule has 0 saturated carbocycles. The number of ether oxygens (including phenoxy) is 1. The van der Waals surface area contributed by atoms with Gasteiger partial charge in [0.2, 0.25) is 5.78 Å². The highest BCUT2D eigenvalue weighted by Gasteiger charge is 2.39. The zero-order valence-corrected chi connectivity index (χ0v) is 16.7. The number of fused-ring (bicyclic) bond motifs is 1. The Labute approximate surface area is 156 Å². The van der Waals surface area contributed by atoms with E-state index in [1.807, 2.05) is 13.8 Å². The SMILES string of the molecule is COc1ccccc1C(=O)c1sc(S(C)(=O)=O)c2c1CC(C)(C)CC2=O. The van der Waals surface area contributed by atoms with Gasteiger partial charge in [0.1, 0.15) is 9.96 Å². The van der Waals surface area contributed by atoms with Gasteiger partial charge in [-0.1, -0.05) is 26.0 Å². The van der Waals surface area contributed by atoms with Crippen LogP contribution in [0, 0.1) is 5.41 Å². The minimum atomic E-state index is -3.61. The maximum Gasteiger partial charge on any atom is 0.207 e. The van der Waals surface area contributed by atoms with Crippen LogP contribution in [0.25, 0.3) is 0 Å². The summed E-state index contributed by atoms with van der Waals surface area (Å²) >= 11 is 0.895. The van der Waals surface area contributed by atoms with Crippen LogP contribution in [0.2, 0.25) is 0 Å². The molecule has 0 spiro atoms. The summed E-state index contributed by atoms with van der Waals surface area (Å²) in [5.41, 5.74) is 0.785. The van der Waals surface area contributed by atoms with Gasteiger partial charge < -0.3 is 4.74 Å². The molecule has 0 amide bonds. The van der Waals surface area contributed by atoms with Gasteiger partial charge in [-0.15, -0.1) is 11.3 Å². The molecular formula is C19H20O5S2. The van der Waals surface area contributed by atoms with Crippen LogP contribution in [0.15, 0.2) is 28.5 Å². The summed E-state index contributed by atoms with van der Waals surface area (Å²) in [6.45, 7) is 3.89. The molecule has 1 aliphatic rings. The molecule has 0 bridgehead atoms. The van der Waals surface area contributed by atoms with Crippen LogP contribution in [-0.2, 0) is 16.3 Å². The molecule has 3 rings (SSSR count). The highest BCUT2D eigenvalue weighted by atomic mass is 32.2. The van der Waals surface area contributed by atoms with Crippen molar-refractivity contribution < 1.29 is 22.7 Å². The Morgan fingerprint density at radius 3 is 2.46 bits per heavy atom. The van der Waals surface area contributed by atoms with Crippen molar-refractivity contribution in [2.24, 2.45) is 5.41 Å². The minimum absolute atomic E-state index is 0.00810. The molecule has 0 atom stereocenters. The molecule has 0 saturated heterocycles. The third-order valence-electron chi connectivity index (χ3n) is 4.44. The monoisotopic (exact) mass is 392 g/mol. The van der Waals surface area contributed by atoms with Crippen molar-refractivity contribution in [1.29, 1.82) is 0 Å². The number of para-hydroxylation sites is 1. The zero-order chi connectivity index (χ0) is 19.3. The van der Waals surface area contributed by atoms with Crippen LogP contribution in [0.5, 0.6) is 5.75 Å². The summed E-state index contributed by atoms with van der Waals surface area (Å²) in [7, 11) is -2.13. The number of sulfone groups is 1. The zero-order valence-electron chi connectivity index (χ0n) is 15.1. The number of ketones is 2. The molecule has 2 aromatic rings. The Kier molecular flexibility index (Phi) is 4.56.